The minimum atomic E-state index is -1.17. The molecular formula is C24H23FN4O. The Morgan fingerprint density at radius 2 is 1.97 bits per heavy atom. The molecule has 5 nitrogen and oxygen atoms in total. The van der Waals surface area contributed by atoms with E-state index in [-0.39, 0.29) is 5.91 Å². The number of nitrogens with zero attached hydrogens (tertiary/aromatic N) is 3. The van der Waals surface area contributed by atoms with E-state index in [9.17, 15) is 9.18 Å². The summed E-state index contributed by atoms with van der Waals surface area (Å²) in [5.41, 5.74) is 2.38. The summed E-state index contributed by atoms with van der Waals surface area (Å²) in [4.78, 5) is 23.8. The topological polar surface area (TPSA) is 57.6 Å². The van der Waals surface area contributed by atoms with Gasteiger partial charge >= 0.3 is 0 Å². The van der Waals surface area contributed by atoms with Gasteiger partial charge in [0.2, 0.25) is 0 Å². The first-order chi connectivity index (χ1) is 14.5. The first-order valence-electron chi connectivity index (χ1n) is 10.3. The maximum atomic E-state index is 14.1. The van der Waals surface area contributed by atoms with Gasteiger partial charge in [-0.1, -0.05) is 24.3 Å². The number of amidine groups is 1. The summed E-state index contributed by atoms with van der Waals surface area (Å²) < 4.78 is 14.1. The van der Waals surface area contributed by atoms with Crippen molar-refractivity contribution < 1.29 is 9.18 Å². The molecular weight excluding hydrogens is 379 g/mol. The number of alkyl halides is 1. The zero-order valence-corrected chi connectivity index (χ0v) is 16.9. The van der Waals surface area contributed by atoms with Gasteiger partial charge in [0.05, 0.1) is 6.54 Å². The van der Waals surface area contributed by atoms with Gasteiger partial charge in [-0.15, -0.1) is 0 Å². The molecule has 0 unspecified atom stereocenters. The molecule has 5 rings (SSSR count). The highest BCUT2D eigenvalue weighted by molar-refractivity contribution is 6.11. The summed E-state index contributed by atoms with van der Waals surface area (Å²) in [7, 11) is 0. The molecule has 0 aliphatic carbocycles. The fourth-order valence-corrected chi connectivity index (χ4v) is 4.15. The maximum Gasteiger partial charge on any atom is 0.254 e. The number of halogens is 1. The molecule has 3 heterocycles. The van der Waals surface area contributed by atoms with E-state index in [2.05, 4.69) is 15.3 Å². The predicted octanol–water partition coefficient (Wildman–Crippen LogP) is 4.57. The zero-order valence-electron chi connectivity index (χ0n) is 16.9. The number of fused-ring (bicyclic) bond motifs is 2. The van der Waals surface area contributed by atoms with E-state index in [1.54, 1.807) is 18.0 Å². The van der Waals surface area contributed by atoms with Gasteiger partial charge in [-0.25, -0.2) is 4.39 Å². The minimum absolute atomic E-state index is 0.0323. The van der Waals surface area contributed by atoms with Crippen LogP contribution in [0.3, 0.4) is 0 Å². The molecule has 1 aromatic heterocycles. The average Bonchev–Trinajstić information content (AvgIpc) is 3.15. The quantitative estimate of drug-likeness (QED) is 0.683. The molecule has 0 radical (unpaired) electrons. The fraction of sp³-hybridized carbons (Fsp3) is 0.292. The first-order valence-corrected chi connectivity index (χ1v) is 10.3. The van der Waals surface area contributed by atoms with E-state index in [4.69, 9.17) is 0 Å². The highest BCUT2D eigenvalue weighted by Crippen LogP contribution is 2.29. The fourth-order valence-electron chi connectivity index (χ4n) is 4.15. The van der Waals surface area contributed by atoms with Crippen molar-refractivity contribution in [3.05, 3.63) is 71.5 Å². The predicted molar refractivity (Wildman–Crippen MR) is 117 cm³/mol. The number of aliphatic imine (C=N–C) groups is 1. The number of nitrogens with one attached hydrogen (secondary N) is 1. The molecule has 2 aliphatic heterocycles. The number of rotatable bonds is 2. The van der Waals surface area contributed by atoms with Gasteiger partial charge < -0.3 is 10.2 Å². The molecule has 0 spiro atoms. The van der Waals surface area contributed by atoms with Crippen molar-refractivity contribution in [1.82, 2.24) is 9.88 Å². The maximum absolute atomic E-state index is 14.1. The molecule has 152 valence electrons. The Morgan fingerprint density at radius 3 is 2.80 bits per heavy atom. The van der Waals surface area contributed by atoms with E-state index < -0.39 is 5.67 Å². The highest BCUT2D eigenvalue weighted by Gasteiger charge is 2.32. The molecule has 0 atom stereocenters. The van der Waals surface area contributed by atoms with Gasteiger partial charge in [-0.3, -0.25) is 14.8 Å². The molecule has 3 aromatic rings. The number of pyridine rings is 1. The Hall–Kier alpha value is -3.28. The Kier molecular flexibility index (Phi) is 4.50. The van der Waals surface area contributed by atoms with Gasteiger partial charge in [0, 0.05) is 36.1 Å². The van der Waals surface area contributed by atoms with Gasteiger partial charge in [0.1, 0.15) is 11.4 Å². The SMILES string of the molecule is CC1(F)CCN(C(=O)c2cccc3cc(NC4=NCc5cccnc54)ccc23)CC1. The summed E-state index contributed by atoms with van der Waals surface area (Å²) in [5, 5.41) is 5.23. The largest absolute Gasteiger partial charge is 0.339 e. The van der Waals surface area contributed by atoms with Crippen molar-refractivity contribution in [2.75, 3.05) is 18.4 Å². The van der Waals surface area contributed by atoms with E-state index >= 15 is 0 Å². The third-order valence-electron chi connectivity index (χ3n) is 5.99. The normalized spacial score (nSPS) is 17.5. The number of likely N-dealkylation sites (tertiary alicyclic amines) is 1. The average molecular weight is 402 g/mol. The lowest BCUT2D eigenvalue weighted by atomic mass is 9.94. The number of hydrogen-bond acceptors (Lipinski definition) is 4. The van der Waals surface area contributed by atoms with Gasteiger partial charge in [0.25, 0.3) is 5.91 Å². The van der Waals surface area contributed by atoms with Crippen LogP contribution in [0.2, 0.25) is 0 Å². The van der Waals surface area contributed by atoms with E-state index in [0.717, 1.165) is 33.6 Å². The number of hydrogen-bond donors (Lipinski definition) is 1. The second kappa shape index (κ2) is 7.20. The van der Waals surface area contributed by atoms with E-state index in [0.29, 0.717) is 38.0 Å². The zero-order chi connectivity index (χ0) is 20.7. The third kappa shape index (κ3) is 3.43. The summed E-state index contributed by atoms with van der Waals surface area (Å²) in [6, 6.07) is 15.6. The Balaban J connectivity index is 1.40. The number of amides is 1. The number of piperidine rings is 1. The number of benzene rings is 2. The summed E-state index contributed by atoms with van der Waals surface area (Å²) in [5.74, 6) is 0.731. The van der Waals surface area contributed by atoms with Gasteiger partial charge in [0.15, 0.2) is 5.84 Å². The van der Waals surface area contributed by atoms with Crippen molar-refractivity contribution >= 4 is 28.2 Å². The first kappa shape index (κ1) is 18.7. The van der Waals surface area contributed by atoms with Crippen LogP contribution in [-0.2, 0) is 6.54 Å². The van der Waals surface area contributed by atoms with Crippen LogP contribution in [0.25, 0.3) is 10.8 Å². The second-order valence-electron chi connectivity index (χ2n) is 8.25. The van der Waals surface area contributed by atoms with Crippen LogP contribution >= 0.6 is 0 Å². The van der Waals surface area contributed by atoms with Crippen molar-refractivity contribution in [2.24, 2.45) is 4.99 Å². The van der Waals surface area contributed by atoms with Crippen LogP contribution in [-0.4, -0.2) is 40.4 Å². The molecule has 2 aliphatic rings. The standard InChI is InChI=1S/C24H23FN4O/c1-24(25)9-12-29(13-10-24)23(30)20-6-2-4-16-14-18(7-8-19(16)20)28-22-21-17(15-27-22)5-3-11-26-21/h2-8,11,14H,9-10,12-13,15H2,1H3,(H,27,28). The molecule has 0 bridgehead atoms. The van der Waals surface area contributed by atoms with E-state index in [1.807, 2.05) is 48.5 Å². The second-order valence-corrected chi connectivity index (χ2v) is 8.25. The lowest BCUT2D eigenvalue weighted by molar-refractivity contribution is 0.0505. The Morgan fingerprint density at radius 1 is 1.13 bits per heavy atom. The van der Waals surface area contributed by atoms with Crippen LogP contribution in [0, 0.1) is 0 Å². The van der Waals surface area contributed by atoms with Crippen molar-refractivity contribution in [3.63, 3.8) is 0 Å². The molecule has 2 aromatic carbocycles. The Bertz CT molecular complexity index is 1160. The molecule has 1 N–H and O–H groups in total. The monoisotopic (exact) mass is 402 g/mol. The van der Waals surface area contributed by atoms with E-state index in [1.165, 1.54) is 0 Å². The third-order valence-corrected chi connectivity index (χ3v) is 5.99. The number of anilines is 1. The van der Waals surface area contributed by atoms with Crippen molar-refractivity contribution in [2.45, 2.75) is 32.0 Å². The summed E-state index contributed by atoms with van der Waals surface area (Å²) >= 11 is 0. The van der Waals surface area contributed by atoms with Crippen LogP contribution in [0.15, 0.2) is 59.7 Å². The lowest BCUT2D eigenvalue weighted by Gasteiger charge is -2.34. The van der Waals surface area contributed by atoms with Crippen LogP contribution < -0.4 is 5.32 Å². The number of aromatic nitrogens is 1. The van der Waals surface area contributed by atoms with Crippen LogP contribution in [0.5, 0.6) is 0 Å². The molecule has 6 heteroatoms. The Labute approximate surface area is 174 Å². The smallest absolute Gasteiger partial charge is 0.254 e. The summed E-state index contributed by atoms with van der Waals surface area (Å²) in [6.45, 7) is 3.15. The van der Waals surface area contributed by atoms with Crippen molar-refractivity contribution in [1.29, 1.82) is 0 Å². The number of carbonyl (C=O) groups is 1. The lowest BCUT2D eigenvalue weighted by Crippen LogP contribution is -2.43. The van der Waals surface area contributed by atoms with Crippen molar-refractivity contribution in [3.8, 4) is 0 Å². The molecule has 1 saturated heterocycles. The number of carbonyl (C=O) groups excluding carboxylic acids is 1. The minimum Gasteiger partial charge on any atom is -0.339 e. The molecule has 30 heavy (non-hydrogen) atoms. The summed E-state index contributed by atoms with van der Waals surface area (Å²) in [6.07, 6.45) is 2.54. The van der Waals surface area contributed by atoms with Crippen LogP contribution in [0.1, 0.15) is 41.4 Å². The van der Waals surface area contributed by atoms with Gasteiger partial charge in [-0.2, -0.15) is 0 Å². The van der Waals surface area contributed by atoms with Gasteiger partial charge in [-0.05, 0) is 54.8 Å². The molecule has 0 saturated carbocycles. The van der Waals surface area contributed by atoms with Crippen LogP contribution in [0.4, 0.5) is 10.1 Å². The molecule has 1 fully saturated rings. The molecule has 1 amide bonds. The highest BCUT2D eigenvalue weighted by atomic mass is 19.1.